The molecule has 0 amide bonds. The van der Waals surface area contributed by atoms with Gasteiger partial charge in [-0.15, -0.1) is 6.58 Å². The molecule has 1 rings (SSSR count). The van der Waals surface area contributed by atoms with E-state index in [1.165, 1.54) is 0 Å². The minimum atomic E-state index is -0.681. The Labute approximate surface area is 121 Å². The first kappa shape index (κ1) is 16.5. The summed E-state index contributed by atoms with van der Waals surface area (Å²) in [7, 11) is 3.20. The van der Waals surface area contributed by atoms with Gasteiger partial charge in [0.2, 0.25) is 0 Å². The molecule has 0 bridgehead atoms. The molecule has 0 saturated carbocycles. The summed E-state index contributed by atoms with van der Waals surface area (Å²) in [5, 5.41) is 14.0. The maximum atomic E-state index is 10.7. The standard InChI is InChI=1S/C16H25NO3/c1-6-9-17-15(11(2)3)16(18)13-10-12(19-4)7-8-14(13)20-5/h6-8,10-11,15-18H,1,9H2,2-5H3. The average Bonchev–Trinajstić information content (AvgIpc) is 2.46. The lowest BCUT2D eigenvalue weighted by molar-refractivity contribution is 0.104. The van der Waals surface area contributed by atoms with Crippen LogP contribution in [0.5, 0.6) is 11.5 Å². The molecule has 1 aromatic rings. The van der Waals surface area contributed by atoms with E-state index in [1.54, 1.807) is 20.3 Å². The SMILES string of the molecule is C=CCNC(C(C)C)C(O)c1cc(OC)ccc1OC. The van der Waals surface area contributed by atoms with Gasteiger partial charge in [0.1, 0.15) is 11.5 Å². The Balaban J connectivity index is 3.08. The minimum Gasteiger partial charge on any atom is -0.497 e. The van der Waals surface area contributed by atoms with Crippen molar-refractivity contribution in [3.8, 4) is 11.5 Å². The van der Waals surface area contributed by atoms with Gasteiger partial charge >= 0.3 is 0 Å². The van der Waals surface area contributed by atoms with Gasteiger partial charge in [0.25, 0.3) is 0 Å². The fourth-order valence-corrected chi connectivity index (χ4v) is 2.20. The van der Waals surface area contributed by atoms with Crippen LogP contribution < -0.4 is 14.8 Å². The maximum Gasteiger partial charge on any atom is 0.124 e. The fourth-order valence-electron chi connectivity index (χ4n) is 2.20. The second-order valence-corrected chi connectivity index (χ2v) is 5.02. The highest BCUT2D eigenvalue weighted by atomic mass is 16.5. The average molecular weight is 279 g/mol. The number of hydrogen-bond acceptors (Lipinski definition) is 4. The fraction of sp³-hybridized carbons (Fsp3) is 0.500. The predicted molar refractivity (Wildman–Crippen MR) is 81.3 cm³/mol. The molecule has 4 nitrogen and oxygen atoms in total. The first-order valence-electron chi connectivity index (χ1n) is 6.79. The van der Waals surface area contributed by atoms with Gasteiger partial charge in [-0.3, -0.25) is 0 Å². The van der Waals surface area contributed by atoms with Crippen LogP contribution in [0.15, 0.2) is 30.9 Å². The molecule has 2 atom stereocenters. The Morgan fingerprint density at radius 3 is 2.50 bits per heavy atom. The number of nitrogens with one attached hydrogen (secondary N) is 1. The monoisotopic (exact) mass is 279 g/mol. The van der Waals surface area contributed by atoms with Crippen molar-refractivity contribution >= 4 is 0 Å². The van der Waals surface area contributed by atoms with E-state index >= 15 is 0 Å². The van der Waals surface area contributed by atoms with Gasteiger partial charge < -0.3 is 19.9 Å². The van der Waals surface area contributed by atoms with E-state index < -0.39 is 6.10 Å². The Kier molecular flexibility index (Phi) is 6.55. The number of ether oxygens (including phenoxy) is 2. The first-order valence-corrected chi connectivity index (χ1v) is 6.79. The van der Waals surface area contributed by atoms with Crippen LogP contribution in [0.3, 0.4) is 0 Å². The second kappa shape index (κ2) is 7.92. The lowest BCUT2D eigenvalue weighted by Crippen LogP contribution is -2.39. The van der Waals surface area contributed by atoms with Crippen LogP contribution in [0.4, 0.5) is 0 Å². The van der Waals surface area contributed by atoms with Crippen LogP contribution in [-0.2, 0) is 0 Å². The summed E-state index contributed by atoms with van der Waals surface area (Å²) in [6.45, 7) is 8.47. The Hall–Kier alpha value is -1.52. The lowest BCUT2D eigenvalue weighted by atomic mass is 9.92. The van der Waals surface area contributed by atoms with E-state index in [-0.39, 0.29) is 12.0 Å². The molecule has 0 radical (unpaired) electrons. The van der Waals surface area contributed by atoms with Crippen LogP contribution >= 0.6 is 0 Å². The van der Waals surface area contributed by atoms with E-state index in [4.69, 9.17) is 9.47 Å². The normalized spacial score (nSPS) is 13.9. The summed E-state index contributed by atoms with van der Waals surface area (Å²) in [5.41, 5.74) is 0.724. The number of methoxy groups -OCH3 is 2. The lowest BCUT2D eigenvalue weighted by Gasteiger charge is -2.28. The Morgan fingerprint density at radius 2 is 2.00 bits per heavy atom. The molecular formula is C16H25NO3. The van der Waals surface area contributed by atoms with Gasteiger partial charge in [0.15, 0.2) is 0 Å². The van der Waals surface area contributed by atoms with E-state index in [9.17, 15) is 5.11 Å². The van der Waals surface area contributed by atoms with Crippen molar-refractivity contribution in [2.24, 2.45) is 5.92 Å². The van der Waals surface area contributed by atoms with Crippen LogP contribution in [0.2, 0.25) is 0 Å². The van der Waals surface area contributed by atoms with Gasteiger partial charge in [0, 0.05) is 18.2 Å². The molecule has 0 aromatic heterocycles. The van der Waals surface area contributed by atoms with Crippen molar-refractivity contribution in [2.75, 3.05) is 20.8 Å². The summed E-state index contributed by atoms with van der Waals surface area (Å²) in [6.07, 6.45) is 1.10. The third-order valence-electron chi connectivity index (χ3n) is 3.31. The summed E-state index contributed by atoms with van der Waals surface area (Å²) in [4.78, 5) is 0. The molecular weight excluding hydrogens is 254 g/mol. The third-order valence-corrected chi connectivity index (χ3v) is 3.31. The number of rotatable bonds is 8. The molecule has 1 aromatic carbocycles. The smallest absolute Gasteiger partial charge is 0.124 e. The van der Waals surface area contributed by atoms with Crippen molar-refractivity contribution < 1.29 is 14.6 Å². The van der Waals surface area contributed by atoms with Gasteiger partial charge in [-0.2, -0.15) is 0 Å². The largest absolute Gasteiger partial charge is 0.497 e. The van der Waals surface area contributed by atoms with E-state index in [1.807, 2.05) is 18.2 Å². The topological polar surface area (TPSA) is 50.7 Å². The molecule has 0 aliphatic heterocycles. The quantitative estimate of drug-likeness (QED) is 0.718. The molecule has 0 aliphatic carbocycles. The number of aliphatic hydroxyl groups excluding tert-OH is 1. The summed E-state index contributed by atoms with van der Waals surface area (Å²) in [5.74, 6) is 1.62. The predicted octanol–water partition coefficient (Wildman–Crippen LogP) is 2.54. The molecule has 0 aliphatic rings. The molecule has 0 spiro atoms. The Morgan fingerprint density at radius 1 is 1.30 bits per heavy atom. The summed E-state index contributed by atoms with van der Waals surface area (Å²) < 4.78 is 10.6. The van der Waals surface area contributed by atoms with Crippen molar-refractivity contribution in [2.45, 2.75) is 26.0 Å². The zero-order chi connectivity index (χ0) is 15.1. The first-order chi connectivity index (χ1) is 9.54. The molecule has 2 N–H and O–H groups in total. The van der Waals surface area contributed by atoms with Crippen LogP contribution in [-0.4, -0.2) is 31.9 Å². The molecule has 20 heavy (non-hydrogen) atoms. The summed E-state index contributed by atoms with van der Waals surface area (Å²) in [6, 6.07) is 5.35. The van der Waals surface area contributed by atoms with Gasteiger partial charge in [-0.05, 0) is 24.1 Å². The zero-order valence-electron chi connectivity index (χ0n) is 12.7. The second-order valence-electron chi connectivity index (χ2n) is 5.02. The van der Waals surface area contributed by atoms with E-state index in [0.29, 0.717) is 18.0 Å². The molecule has 2 unspecified atom stereocenters. The third kappa shape index (κ3) is 3.99. The number of aliphatic hydroxyl groups is 1. The van der Waals surface area contributed by atoms with Crippen molar-refractivity contribution in [1.82, 2.24) is 5.32 Å². The van der Waals surface area contributed by atoms with Gasteiger partial charge in [-0.25, -0.2) is 0 Å². The highest BCUT2D eigenvalue weighted by Gasteiger charge is 2.26. The zero-order valence-corrected chi connectivity index (χ0v) is 12.7. The van der Waals surface area contributed by atoms with Gasteiger partial charge in [-0.1, -0.05) is 19.9 Å². The van der Waals surface area contributed by atoms with Crippen LogP contribution in [0, 0.1) is 5.92 Å². The number of hydrogen-bond donors (Lipinski definition) is 2. The highest BCUT2D eigenvalue weighted by molar-refractivity contribution is 5.42. The Bertz CT molecular complexity index is 432. The highest BCUT2D eigenvalue weighted by Crippen LogP contribution is 2.32. The van der Waals surface area contributed by atoms with E-state index in [0.717, 1.165) is 5.56 Å². The van der Waals surface area contributed by atoms with Gasteiger partial charge in [0.05, 0.1) is 20.3 Å². The van der Waals surface area contributed by atoms with Crippen molar-refractivity contribution in [1.29, 1.82) is 0 Å². The molecule has 0 saturated heterocycles. The molecule has 0 heterocycles. The molecule has 112 valence electrons. The van der Waals surface area contributed by atoms with Crippen LogP contribution in [0.25, 0.3) is 0 Å². The van der Waals surface area contributed by atoms with Crippen molar-refractivity contribution in [3.63, 3.8) is 0 Å². The molecule has 0 fully saturated rings. The van der Waals surface area contributed by atoms with Crippen LogP contribution in [0.1, 0.15) is 25.5 Å². The van der Waals surface area contributed by atoms with E-state index in [2.05, 4.69) is 25.7 Å². The minimum absolute atomic E-state index is 0.0889. The maximum absolute atomic E-state index is 10.7. The molecule has 4 heteroatoms. The summed E-state index contributed by atoms with van der Waals surface area (Å²) >= 11 is 0. The number of benzene rings is 1. The van der Waals surface area contributed by atoms with Crippen molar-refractivity contribution in [3.05, 3.63) is 36.4 Å².